The third kappa shape index (κ3) is 3.62. The van der Waals surface area contributed by atoms with Crippen LogP contribution >= 0.6 is 0 Å². The number of halogens is 4. The predicted molar refractivity (Wildman–Crippen MR) is 86.9 cm³/mol. The van der Waals surface area contributed by atoms with E-state index in [1.165, 1.54) is 12.2 Å². The molecule has 0 aliphatic heterocycles. The molecular formula is C18H10F4N4. The maximum atomic E-state index is 13.3. The van der Waals surface area contributed by atoms with Crippen LogP contribution in [-0.2, 0) is 6.18 Å². The summed E-state index contributed by atoms with van der Waals surface area (Å²) >= 11 is 0. The number of aromatic nitrogens is 3. The molecule has 0 amide bonds. The van der Waals surface area contributed by atoms with Crippen molar-refractivity contribution >= 4 is 12.2 Å². The van der Waals surface area contributed by atoms with Crippen molar-refractivity contribution in [1.29, 1.82) is 5.26 Å². The maximum absolute atomic E-state index is 13.3. The Morgan fingerprint density at radius 3 is 2.62 bits per heavy atom. The highest BCUT2D eigenvalue weighted by Crippen LogP contribution is 2.33. The Labute approximate surface area is 145 Å². The molecule has 1 aromatic heterocycles. The van der Waals surface area contributed by atoms with E-state index in [-0.39, 0.29) is 11.3 Å². The highest BCUT2D eigenvalue weighted by atomic mass is 19.4. The number of H-pyrrole nitrogens is 1. The second kappa shape index (κ2) is 6.80. The van der Waals surface area contributed by atoms with Crippen molar-refractivity contribution in [1.82, 2.24) is 15.4 Å². The van der Waals surface area contributed by atoms with Crippen LogP contribution in [0.4, 0.5) is 17.6 Å². The van der Waals surface area contributed by atoms with E-state index in [0.29, 0.717) is 22.9 Å². The average Bonchev–Trinajstić information content (AvgIpc) is 3.08. The molecule has 130 valence electrons. The van der Waals surface area contributed by atoms with Gasteiger partial charge in [0.05, 0.1) is 5.56 Å². The number of rotatable bonds is 3. The summed E-state index contributed by atoms with van der Waals surface area (Å²) in [4.78, 5) is 0. The first-order chi connectivity index (χ1) is 12.4. The van der Waals surface area contributed by atoms with E-state index >= 15 is 0 Å². The highest BCUT2D eigenvalue weighted by Gasteiger charge is 2.32. The van der Waals surface area contributed by atoms with Gasteiger partial charge in [-0.3, -0.25) is 0 Å². The molecule has 0 aliphatic carbocycles. The minimum absolute atomic E-state index is 0.176. The Hall–Kier alpha value is -3.47. The first-order valence-corrected chi connectivity index (χ1v) is 7.35. The fourth-order valence-corrected chi connectivity index (χ4v) is 2.41. The number of hydrogen-bond acceptors (Lipinski definition) is 3. The van der Waals surface area contributed by atoms with Gasteiger partial charge in [-0.2, -0.15) is 18.4 Å². The average molecular weight is 358 g/mol. The second-order valence-corrected chi connectivity index (χ2v) is 5.34. The number of nitriles is 1. The zero-order valence-electron chi connectivity index (χ0n) is 13.0. The minimum Gasteiger partial charge on any atom is -0.247 e. The van der Waals surface area contributed by atoms with Crippen LogP contribution in [-0.4, -0.2) is 15.4 Å². The van der Waals surface area contributed by atoms with Crippen LogP contribution in [0.15, 0.2) is 42.5 Å². The van der Waals surface area contributed by atoms with Gasteiger partial charge >= 0.3 is 6.18 Å². The molecule has 8 heteroatoms. The van der Waals surface area contributed by atoms with Gasteiger partial charge in [0.15, 0.2) is 5.69 Å². The molecule has 4 nitrogen and oxygen atoms in total. The van der Waals surface area contributed by atoms with Crippen molar-refractivity contribution in [3.8, 4) is 17.3 Å². The molecule has 1 N–H and O–H groups in total. The molecule has 0 saturated heterocycles. The third-order valence-electron chi connectivity index (χ3n) is 3.59. The number of aromatic amines is 1. The van der Waals surface area contributed by atoms with E-state index in [1.54, 1.807) is 24.3 Å². The summed E-state index contributed by atoms with van der Waals surface area (Å²) in [6, 6.07) is 10.9. The summed E-state index contributed by atoms with van der Waals surface area (Å²) in [5.74, 6) is -0.757. The van der Waals surface area contributed by atoms with Crippen LogP contribution in [0.3, 0.4) is 0 Å². The van der Waals surface area contributed by atoms with Crippen molar-refractivity contribution in [2.24, 2.45) is 0 Å². The van der Waals surface area contributed by atoms with Gasteiger partial charge in [0.2, 0.25) is 0 Å². The SMILES string of the molecule is N#Cc1[nH]nnc1-c1cccc(/C=C/c2cc(F)ccc2C(F)(F)F)c1. The topological polar surface area (TPSA) is 65.4 Å². The summed E-state index contributed by atoms with van der Waals surface area (Å²) in [7, 11) is 0. The van der Waals surface area contributed by atoms with Crippen LogP contribution in [0.25, 0.3) is 23.4 Å². The van der Waals surface area contributed by atoms with Gasteiger partial charge < -0.3 is 0 Å². The fraction of sp³-hybridized carbons (Fsp3) is 0.0556. The molecule has 0 saturated carbocycles. The van der Waals surface area contributed by atoms with E-state index in [9.17, 15) is 17.6 Å². The van der Waals surface area contributed by atoms with E-state index < -0.39 is 17.6 Å². The number of nitrogens with one attached hydrogen (secondary N) is 1. The number of hydrogen-bond donors (Lipinski definition) is 1. The molecule has 0 aliphatic rings. The predicted octanol–water partition coefficient (Wildman–Crippen LogP) is 4.67. The highest BCUT2D eigenvalue weighted by molar-refractivity contribution is 5.75. The minimum atomic E-state index is -4.59. The van der Waals surface area contributed by atoms with Gasteiger partial charge in [-0.15, -0.1) is 5.10 Å². The molecule has 0 bridgehead atoms. The molecule has 26 heavy (non-hydrogen) atoms. The second-order valence-electron chi connectivity index (χ2n) is 5.34. The molecule has 0 fully saturated rings. The molecule has 2 aromatic carbocycles. The lowest BCUT2D eigenvalue weighted by atomic mass is 10.0. The van der Waals surface area contributed by atoms with Crippen LogP contribution < -0.4 is 0 Å². The molecule has 3 rings (SSSR count). The van der Waals surface area contributed by atoms with Gasteiger partial charge in [-0.05, 0) is 35.4 Å². The summed E-state index contributed by atoms with van der Waals surface area (Å²) in [5, 5.41) is 18.8. The van der Waals surface area contributed by atoms with E-state index in [2.05, 4.69) is 15.4 Å². The Morgan fingerprint density at radius 2 is 1.88 bits per heavy atom. The van der Waals surface area contributed by atoms with Gasteiger partial charge in [0, 0.05) is 5.56 Å². The van der Waals surface area contributed by atoms with Crippen LogP contribution in [0.2, 0.25) is 0 Å². The first-order valence-electron chi connectivity index (χ1n) is 7.35. The standard InChI is InChI=1S/C18H10F4N4/c19-14-6-7-15(18(20,21)22)12(9-14)5-4-11-2-1-3-13(8-11)17-16(10-23)24-26-25-17/h1-9H,(H,24,25,26)/b5-4+. The van der Waals surface area contributed by atoms with Crippen LogP contribution in [0, 0.1) is 17.1 Å². The van der Waals surface area contributed by atoms with Crippen molar-refractivity contribution in [3.05, 3.63) is 70.7 Å². The smallest absolute Gasteiger partial charge is 0.247 e. The Kier molecular flexibility index (Phi) is 4.54. The lowest BCUT2D eigenvalue weighted by Gasteiger charge is -2.10. The van der Waals surface area contributed by atoms with Gasteiger partial charge in [-0.25, -0.2) is 9.49 Å². The summed E-state index contributed by atoms with van der Waals surface area (Å²) < 4.78 is 52.4. The van der Waals surface area contributed by atoms with Crippen molar-refractivity contribution in [2.75, 3.05) is 0 Å². The van der Waals surface area contributed by atoms with Gasteiger partial charge in [-0.1, -0.05) is 35.6 Å². The zero-order valence-corrected chi connectivity index (χ0v) is 13.0. The van der Waals surface area contributed by atoms with Gasteiger partial charge in [0.1, 0.15) is 17.6 Å². The monoisotopic (exact) mass is 358 g/mol. The Balaban J connectivity index is 1.97. The van der Waals surface area contributed by atoms with Crippen LogP contribution in [0.5, 0.6) is 0 Å². The fourth-order valence-electron chi connectivity index (χ4n) is 2.41. The number of alkyl halides is 3. The van der Waals surface area contributed by atoms with Crippen molar-refractivity contribution < 1.29 is 17.6 Å². The molecule has 1 heterocycles. The summed E-state index contributed by atoms with van der Waals surface area (Å²) in [6.07, 6.45) is -1.96. The lowest BCUT2D eigenvalue weighted by molar-refractivity contribution is -0.137. The molecule has 0 atom stereocenters. The normalized spacial score (nSPS) is 11.7. The van der Waals surface area contributed by atoms with E-state index in [4.69, 9.17) is 5.26 Å². The lowest BCUT2D eigenvalue weighted by Crippen LogP contribution is -2.07. The summed E-state index contributed by atoms with van der Waals surface area (Å²) in [5.41, 5.74) is 0.455. The number of nitrogens with zero attached hydrogens (tertiary/aromatic N) is 3. The molecule has 0 unspecified atom stereocenters. The van der Waals surface area contributed by atoms with Gasteiger partial charge in [0.25, 0.3) is 0 Å². The summed E-state index contributed by atoms with van der Waals surface area (Å²) in [6.45, 7) is 0. The van der Waals surface area contributed by atoms with E-state index in [1.807, 2.05) is 6.07 Å². The van der Waals surface area contributed by atoms with E-state index in [0.717, 1.165) is 12.1 Å². The number of benzene rings is 2. The Bertz CT molecular complexity index is 1010. The molecule has 0 spiro atoms. The molecular weight excluding hydrogens is 348 g/mol. The first kappa shape index (κ1) is 17.4. The quantitative estimate of drug-likeness (QED) is 0.546. The van der Waals surface area contributed by atoms with Crippen molar-refractivity contribution in [2.45, 2.75) is 6.18 Å². The molecule has 3 aromatic rings. The third-order valence-corrected chi connectivity index (χ3v) is 3.59. The molecule has 0 radical (unpaired) electrons. The van der Waals surface area contributed by atoms with Crippen LogP contribution in [0.1, 0.15) is 22.4 Å². The maximum Gasteiger partial charge on any atom is 0.416 e. The zero-order chi connectivity index (χ0) is 18.7. The van der Waals surface area contributed by atoms with Crippen molar-refractivity contribution in [3.63, 3.8) is 0 Å². The largest absolute Gasteiger partial charge is 0.416 e. The Morgan fingerprint density at radius 1 is 1.08 bits per heavy atom.